The zero-order valence-electron chi connectivity index (χ0n) is 8.94. The van der Waals surface area contributed by atoms with Crippen LogP contribution in [0.1, 0.15) is 25.5 Å². The first kappa shape index (κ1) is 10.5. The Morgan fingerprint density at radius 1 is 1.73 bits per heavy atom. The predicted octanol–water partition coefficient (Wildman–Crippen LogP) is 1.78. The molecular weight excluding hydrogens is 190 g/mol. The number of hydrogen-bond acceptors (Lipinski definition) is 3. The SMILES string of the molecule is C/C(=C\c1ccco1)C1(CN)CC(O)C1. The summed E-state index contributed by atoms with van der Waals surface area (Å²) in [5.74, 6) is 0.849. The molecule has 0 amide bonds. The summed E-state index contributed by atoms with van der Waals surface area (Å²) >= 11 is 0. The van der Waals surface area contributed by atoms with Crippen LogP contribution in [0.15, 0.2) is 28.4 Å². The quantitative estimate of drug-likeness (QED) is 0.794. The van der Waals surface area contributed by atoms with Gasteiger partial charge in [0.2, 0.25) is 0 Å². The van der Waals surface area contributed by atoms with Crippen molar-refractivity contribution >= 4 is 6.08 Å². The summed E-state index contributed by atoms with van der Waals surface area (Å²) in [5, 5.41) is 9.38. The van der Waals surface area contributed by atoms with E-state index in [2.05, 4.69) is 6.92 Å². The summed E-state index contributed by atoms with van der Waals surface area (Å²) in [7, 11) is 0. The highest BCUT2D eigenvalue weighted by atomic mass is 16.3. The maximum Gasteiger partial charge on any atom is 0.126 e. The lowest BCUT2D eigenvalue weighted by atomic mass is 9.62. The summed E-state index contributed by atoms with van der Waals surface area (Å²) in [6.07, 6.45) is 5.02. The fourth-order valence-electron chi connectivity index (χ4n) is 2.23. The zero-order chi connectivity index (χ0) is 10.9. The molecule has 3 heteroatoms. The van der Waals surface area contributed by atoms with E-state index in [0.29, 0.717) is 6.54 Å². The first-order chi connectivity index (χ1) is 7.16. The molecule has 1 aliphatic carbocycles. The van der Waals surface area contributed by atoms with Crippen LogP contribution in [0.3, 0.4) is 0 Å². The molecule has 1 saturated carbocycles. The number of furan rings is 1. The summed E-state index contributed by atoms with van der Waals surface area (Å²) in [6, 6.07) is 3.78. The molecule has 0 radical (unpaired) electrons. The van der Waals surface area contributed by atoms with Crippen LogP contribution in [0.5, 0.6) is 0 Å². The Kier molecular flexibility index (Phi) is 2.67. The van der Waals surface area contributed by atoms with Crippen LogP contribution >= 0.6 is 0 Å². The Morgan fingerprint density at radius 2 is 2.47 bits per heavy atom. The summed E-state index contributed by atoms with van der Waals surface area (Å²) < 4.78 is 5.26. The van der Waals surface area contributed by atoms with E-state index in [0.717, 1.165) is 18.6 Å². The van der Waals surface area contributed by atoms with E-state index >= 15 is 0 Å². The molecule has 0 saturated heterocycles. The van der Waals surface area contributed by atoms with Crippen molar-refractivity contribution in [3.05, 3.63) is 29.7 Å². The Labute approximate surface area is 89.6 Å². The second-order valence-corrected chi connectivity index (χ2v) is 4.39. The monoisotopic (exact) mass is 207 g/mol. The third kappa shape index (κ3) is 1.85. The summed E-state index contributed by atoms with van der Waals surface area (Å²) in [4.78, 5) is 0. The molecule has 1 aromatic rings. The van der Waals surface area contributed by atoms with Crippen LogP contribution in [0.2, 0.25) is 0 Å². The van der Waals surface area contributed by atoms with Crippen LogP contribution in [0.4, 0.5) is 0 Å². The van der Waals surface area contributed by atoms with Gasteiger partial charge in [0.15, 0.2) is 0 Å². The number of aliphatic hydroxyl groups is 1. The molecule has 15 heavy (non-hydrogen) atoms. The average molecular weight is 207 g/mol. The smallest absolute Gasteiger partial charge is 0.126 e. The van der Waals surface area contributed by atoms with Crippen molar-refractivity contribution in [2.45, 2.75) is 25.9 Å². The van der Waals surface area contributed by atoms with Crippen LogP contribution in [-0.2, 0) is 0 Å². The van der Waals surface area contributed by atoms with Gasteiger partial charge in [-0.2, -0.15) is 0 Å². The molecule has 3 nitrogen and oxygen atoms in total. The van der Waals surface area contributed by atoms with Crippen molar-refractivity contribution in [2.24, 2.45) is 11.1 Å². The lowest BCUT2D eigenvalue weighted by Crippen LogP contribution is -2.46. The lowest BCUT2D eigenvalue weighted by Gasteiger charge is -2.45. The average Bonchev–Trinajstić information content (AvgIpc) is 2.64. The molecule has 1 aromatic heterocycles. The number of rotatable bonds is 3. The normalized spacial score (nSPS) is 31.4. The van der Waals surface area contributed by atoms with E-state index < -0.39 is 0 Å². The Balaban J connectivity index is 2.16. The minimum absolute atomic E-state index is 0.00773. The van der Waals surface area contributed by atoms with Gasteiger partial charge in [0.05, 0.1) is 12.4 Å². The van der Waals surface area contributed by atoms with Crippen LogP contribution in [0.25, 0.3) is 6.08 Å². The predicted molar refractivity (Wildman–Crippen MR) is 59.1 cm³/mol. The molecule has 3 N–H and O–H groups in total. The molecular formula is C12H17NO2. The molecule has 1 fully saturated rings. The van der Waals surface area contributed by atoms with Crippen molar-refractivity contribution < 1.29 is 9.52 Å². The van der Waals surface area contributed by atoms with Gasteiger partial charge in [-0.25, -0.2) is 0 Å². The molecule has 0 bridgehead atoms. The van der Waals surface area contributed by atoms with Gasteiger partial charge >= 0.3 is 0 Å². The fourth-order valence-corrected chi connectivity index (χ4v) is 2.23. The molecule has 0 atom stereocenters. The largest absolute Gasteiger partial charge is 0.465 e. The van der Waals surface area contributed by atoms with Gasteiger partial charge in [-0.3, -0.25) is 0 Å². The Morgan fingerprint density at radius 3 is 2.93 bits per heavy atom. The van der Waals surface area contributed by atoms with Gasteiger partial charge in [0.25, 0.3) is 0 Å². The standard InChI is InChI=1S/C12H17NO2/c1-9(5-11-3-2-4-15-11)12(8-13)6-10(14)7-12/h2-5,10,14H,6-8,13H2,1H3/b9-5+. The molecule has 82 valence electrons. The van der Waals surface area contributed by atoms with Crippen molar-refractivity contribution in [1.29, 1.82) is 0 Å². The van der Waals surface area contributed by atoms with Gasteiger partial charge in [-0.1, -0.05) is 5.57 Å². The zero-order valence-corrected chi connectivity index (χ0v) is 8.94. The molecule has 1 heterocycles. The molecule has 0 spiro atoms. The van der Waals surface area contributed by atoms with E-state index in [9.17, 15) is 5.11 Å². The second kappa shape index (κ2) is 3.83. The first-order valence-corrected chi connectivity index (χ1v) is 5.27. The highest BCUT2D eigenvalue weighted by Crippen LogP contribution is 2.46. The minimum atomic E-state index is -0.187. The van der Waals surface area contributed by atoms with Crippen LogP contribution in [0, 0.1) is 5.41 Å². The van der Waals surface area contributed by atoms with Gasteiger partial charge in [0.1, 0.15) is 5.76 Å². The highest BCUT2D eigenvalue weighted by Gasteiger charge is 2.43. The maximum absolute atomic E-state index is 9.38. The third-order valence-electron chi connectivity index (χ3n) is 3.38. The van der Waals surface area contributed by atoms with E-state index in [-0.39, 0.29) is 11.5 Å². The minimum Gasteiger partial charge on any atom is -0.465 e. The van der Waals surface area contributed by atoms with Crippen molar-refractivity contribution in [2.75, 3.05) is 6.54 Å². The molecule has 0 unspecified atom stereocenters. The molecule has 0 aliphatic heterocycles. The van der Waals surface area contributed by atoms with Crippen molar-refractivity contribution in [3.63, 3.8) is 0 Å². The van der Waals surface area contributed by atoms with E-state index in [1.54, 1.807) is 6.26 Å². The molecule has 0 aromatic carbocycles. The van der Waals surface area contributed by atoms with Crippen LogP contribution in [-0.4, -0.2) is 17.8 Å². The van der Waals surface area contributed by atoms with Gasteiger partial charge < -0.3 is 15.3 Å². The molecule has 1 aliphatic rings. The van der Waals surface area contributed by atoms with E-state index in [1.807, 2.05) is 18.2 Å². The van der Waals surface area contributed by atoms with Gasteiger partial charge in [-0.15, -0.1) is 0 Å². The number of nitrogens with two attached hydrogens (primary N) is 1. The highest BCUT2D eigenvalue weighted by molar-refractivity contribution is 5.49. The number of hydrogen-bond donors (Lipinski definition) is 2. The summed E-state index contributed by atoms with van der Waals surface area (Å²) in [5.41, 5.74) is 6.97. The second-order valence-electron chi connectivity index (χ2n) is 4.39. The third-order valence-corrected chi connectivity index (χ3v) is 3.38. The van der Waals surface area contributed by atoms with Crippen molar-refractivity contribution in [1.82, 2.24) is 0 Å². The fraction of sp³-hybridized carbons (Fsp3) is 0.500. The van der Waals surface area contributed by atoms with E-state index in [1.165, 1.54) is 5.57 Å². The Bertz CT molecular complexity index is 348. The van der Waals surface area contributed by atoms with Crippen molar-refractivity contribution in [3.8, 4) is 0 Å². The van der Waals surface area contributed by atoms with Gasteiger partial charge in [-0.05, 0) is 38.0 Å². The van der Waals surface area contributed by atoms with Crippen LogP contribution < -0.4 is 5.73 Å². The maximum atomic E-state index is 9.38. The number of aliphatic hydroxyl groups excluding tert-OH is 1. The topological polar surface area (TPSA) is 59.4 Å². The summed E-state index contributed by atoms with van der Waals surface area (Å²) in [6.45, 7) is 2.65. The van der Waals surface area contributed by atoms with Gasteiger partial charge in [0, 0.05) is 12.0 Å². The Hall–Kier alpha value is -1.06. The first-order valence-electron chi connectivity index (χ1n) is 5.27. The lowest BCUT2D eigenvalue weighted by molar-refractivity contribution is -0.00261. The molecule has 2 rings (SSSR count). The van der Waals surface area contributed by atoms with E-state index in [4.69, 9.17) is 10.2 Å².